The molecule has 0 saturated heterocycles. The van der Waals surface area contributed by atoms with E-state index in [1.54, 1.807) is 42.5 Å². The monoisotopic (exact) mass is 641 g/mol. The van der Waals surface area contributed by atoms with E-state index in [-0.39, 0.29) is 16.5 Å². The number of fused-ring (bicyclic) bond motifs is 1. The number of carbonyl (C=O) groups excluding carboxylic acids is 2. The largest absolute Gasteiger partial charge is 0.503 e. The molecule has 45 heavy (non-hydrogen) atoms. The number of unbranched alkanes of at least 4 members (excludes halogenated alkanes) is 2. The summed E-state index contributed by atoms with van der Waals surface area (Å²) in [5.41, 5.74) is 1.98. The van der Waals surface area contributed by atoms with Crippen LogP contribution in [0, 0.1) is 0 Å². The summed E-state index contributed by atoms with van der Waals surface area (Å²) in [7, 11) is 1.52. The lowest BCUT2D eigenvalue weighted by Crippen LogP contribution is -2.31. The zero-order valence-corrected chi connectivity index (χ0v) is 26.4. The smallest absolute Gasteiger partial charge is 0.296 e. The third-order valence-corrected chi connectivity index (χ3v) is 9.53. The molecule has 11 heteroatoms. The van der Waals surface area contributed by atoms with Crippen molar-refractivity contribution in [2.45, 2.75) is 42.3 Å². The van der Waals surface area contributed by atoms with Crippen LogP contribution >= 0.6 is 23.1 Å². The Kier molecular flexibility index (Phi) is 9.18. The fraction of sp³-hybridized carbons (Fsp3) is 0.235. The summed E-state index contributed by atoms with van der Waals surface area (Å²) >= 11 is 2.72. The average Bonchev–Trinajstić information content (AvgIpc) is 3.79. The van der Waals surface area contributed by atoms with Gasteiger partial charge in [0, 0.05) is 11.1 Å². The van der Waals surface area contributed by atoms with Gasteiger partial charge in [-0.3, -0.25) is 14.5 Å². The highest BCUT2D eigenvalue weighted by molar-refractivity contribution is 8.00. The molecule has 3 heterocycles. The van der Waals surface area contributed by atoms with Crippen molar-refractivity contribution in [2.75, 3.05) is 18.6 Å². The number of ketones is 1. The zero-order chi connectivity index (χ0) is 31.3. The van der Waals surface area contributed by atoms with Crippen LogP contribution in [0.3, 0.4) is 0 Å². The number of furan rings is 1. The summed E-state index contributed by atoms with van der Waals surface area (Å²) in [5, 5.41) is 20.8. The number of aliphatic hydroxyl groups is 1. The lowest BCUT2D eigenvalue weighted by Gasteiger charge is -2.24. The summed E-state index contributed by atoms with van der Waals surface area (Å²) in [6.45, 7) is 2.66. The van der Waals surface area contributed by atoms with Crippen molar-refractivity contribution >= 4 is 50.9 Å². The Morgan fingerprint density at radius 2 is 1.87 bits per heavy atom. The number of aliphatic hydroxyl groups excluding tert-OH is 1. The lowest BCUT2D eigenvalue weighted by atomic mass is 9.95. The highest BCUT2D eigenvalue weighted by Gasteiger charge is 2.47. The summed E-state index contributed by atoms with van der Waals surface area (Å²) in [6.07, 6.45) is 3.02. The van der Waals surface area contributed by atoms with E-state index in [1.807, 2.05) is 36.4 Å². The molecule has 1 aliphatic heterocycles. The maximum absolute atomic E-state index is 14.1. The molecule has 3 aromatic carbocycles. The maximum Gasteiger partial charge on any atom is 0.296 e. The molecule has 0 spiro atoms. The average molecular weight is 642 g/mol. The van der Waals surface area contributed by atoms with Crippen LogP contribution in [-0.4, -0.2) is 40.7 Å². The molecule has 1 unspecified atom stereocenters. The molecule has 6 rings (SSSR count). The van der Waals surface area contributed by atoms with Gasteiger partial charge in [-0.15, -0.1) is 10.2 Å². The first-order chi connectivity index (χ1) is 22.0. The Morgan fingerprint density at radius 3 is 2.67 bits per heavy atom. The highest BCUT2D eigenvalue weighted by Crippen LogP contribution is 2.45. The van der Waals surface area contributed by atoms with Crippen LogP contribution in [0.2, 0.25) is 0 Å². The molecule has 1 atom stereocenters. The van der Waals surface area contributed by atoms with Crippen molar-refractivity contribution in [1.82, 2.24) is 10.2 Å². The molecular formula is C34H31N3O6S2. The second kappa shape index (κ2) is 13.6. The summed E-state index contributed by atoms with van der Waals surface area (Å²) in [6, 6.07) is 23.1. The van der Waals surface area contributed by atoms with Crippen molar-refractivity contribution in [3.63, 3.8) is 0 Å². The normalized spacial score (nSPS) is 14.8. The van der Waals surface area contributed by atoms with Gasteiger partial charge in [-0.2, -0.15) is 0 Å². The molecule has 0 aliphatic carbocycles. The van der Waals surface area contributed by atoms with Crippen LogP contribution in [0.4, 0.5) is 5.13 Å². The molecule has 0 bridgehead atoms. The van der Waals surface area contributed by atoms with E-state index in [1.165, 1.54) is 35.1 Å². The topological polar surface area (TPSA) is 115 Å². The van der Waals surface area contributed by atoms with Gasteiger partial charge < -0.3 is 19.0 Å². The van der Waals surface area contributed by atoms with Gasteiger partial charge >= 0.3 is 0 Å². The molecule has 2 aromatic heterocycles. The van der Waals surface area contributed by atoms with Gasteiger partial charge in [0.05, 0.1) is 25.3 Å². The van der Waals surface area contributed by atoms with Crippen molar-refractivity contribution in [2.24, 2.45) is 0 Å². The van der Waals surface area contributed by atoms with E-state index in [4.69, 9.17) is 13.9 Å². The first-order valence-corrected chi connectivity index (χ1v) is 16.4. The van der Waals surface area contributed by atoms with Crippen molar-refractivity contribution in [1.29, 1.82) is 0 Å². The standard InChI is InChI=1S/C34H31N3O6S2/c1-3-4-8-17-42-24-15-9-13-22(18-24)28-27(29(38)26-19-23-14-10-16-25(41-2)31(23)43-26)30(39)32(40)37(28)33-35-36-34(45-33)44-20-21-11-6-5-7-12-21/h5-7,9-16,18-19,28,39H,3-4,8,17,20H2,1-2H3. The molecule has 1 N–H and O–H groups in total. The van der Waals surface area contributed by atoms with Crippen LogP contribution < -0.4 is 14.4 Å². The second-order valence-electron chi connectivity index (χ2n) is 10.4. The number of benzene rings is 3. The minimum absolute atomic E-state index is 0.0287. The Bertz CT molecular complexity index is 1870. The van der Waals surface area contributed by atoms with Crippen LogP contribution in [-0.2, 0) is 10.5 Å². The Hall–Kier alpha value is -4.61. The summed E-state index contributed by atoms with van der Waals surface area (Å²) in [5.74, 6) is -0.329. The van der Waals surface area contributed by atoms with Gasteiger partial charge in [0.15, 0.2) is 27.2 Å². The number of anilines is 1. The lowest BCUT2D eigenvalue weighted by molar-refractivity contribution is -0.117. The number of rotatable bonds is 13. The van der Waals surface area contributed by atoms with Gasteiger partial charge in [0.1, 0.15) is 5.75 Å². The second-order valence-corrected chi connectivity index (χ2v) is 12.6. The van der Waals surface area contributed by atoms with E-state index in [0.717, 1.165) is 24.8 Å². The fourth-order valence-electron chi connectivity index (χ4n) is 5.19. The van der Waals surface area contributed by atoms with Crippen molar-refractivity contribution in [3.05, 3.63) is 107 Å². The van der Waals surface area contributed by atoms with Gasteiger partial charge in [-0.1, -0.05) is 97.5 Å². The fourth-order valence-corrected chi connectivity index (χ4v) is 7.01. The number of para-hydroxylation sites is 1. The molecular weight excluding hydrogens is 611 g/mol. The summed E-state index contributed by atoms with van der Waals surface area (Å²) in [4.78, 5) is 29.2. The first-order valence-electron chi connectivity index (χ1n) is 14.6. The highest BCUT2D eigenvalue weighted by atomic mass is 32.2. The van der Waals surface area contributed by atoms with Crippen LogP contribution in [0.1, 0.15) is 53.9 Å². The minimum Gasteiger partial charge on any atom is -0.503 e. The van der Waals surface area contributed by atoms with E-state index >= 15 is 0 Å². The Morgan fingerprint density at radius 1 is 1.04 bits per heavy atom. The van der Waals surface area contributed by atoms with Crippen LogP contribution in [0.25, 0.3) is 11.0 Å². The van der Waals surface area contributed by atoms with Gasteiger partial charge in [-0.25, -0.2) is 0 Å². The van der Waals surface area contributed by atoms with Crippen LogP contribution in [0.15, 0.2) is 99.0 Å². The first kappa shape index (κ1) is 30.4. The number of amides is 1. The molecule has 230 valence electrons. The molecule has 5 aromatic rings. The number of carbonyl (C=O) groups is 2. The van der Waals surface area contributed by atoms with Gasteiger partial charge in [0.25, 0.3) is 5.91 Å². The van der Waals surface area contributed by atoms with Gasteiger partial charge in [-0.05, 0) is 41.8 Å². The molecule has 1 amide bonds. The third-order valence-electron chi connectivity index (χ3n) is 7.40. The molecule has 0 fully saturated rings. The molecule has 1 aliphatic rings. The van der Waals surface area contributed by atoms with Crippen LogP contribution in [0.5, 0.6) is 11.5 Å². The third kappa shape index (κ3) is 6.31. The summed E-state index contributed by atoms with van der Waals surface area (Å²) < 4.78 is 18.0. The predicted molar refractivity (Wildman–Crippen MR) is 174 cm³/mol. The molecule has 9 nitrogen and oxygen atoms in total. The number of aromatic nitrogens is 2. The van der Waals surface area contributed by atoms with E-state index in [9.17, 15) is 14.7 Å². The van der Waals surface area contributed by atoms with E-state index < -0.39 is 23.5 Å². The van der Waals surface area contributed by atoms with E-state index in [0.29, 0.717) is 44.7 Å². The van der Waals surface area contributed by atoms with Crippen molar-refractivity contribution in [3.8, 4) is 11.5 Å². The number of hydrogen-bond donors (Lipinski definition) is 1. The minimum atomic E-state index is -1.00. The predicted octanol–water partition coefficient (Wildman–Crippen LogP) is 7.94. The number of thioether (sulfide) groups is 1. The van der Waals surface area contributed by atoms with Gasteiger partial charge in [0.2, 0.25) is 10.9 Å². The number of nitrogens with zero attached hydrogens (tertiary/aromatic N) is 3. The van der Waals surface area contributed by atoms with Crippen molar-refractivity contribution < 1.29 is 28.6 Å². The number of ether oxygens (including phenoxy) is 2. The molecule has 0 saturated carbocycles. The number of hydrogen-bond acceptors (Lipinski definition) is 10. The number of methoxy groups -OCH3 is 1. The Balaban J connectivity index is 1.37. The maximum atomic E-state index is 14.1. The zero-order valence-electron chi connectivity index (χ0n) is 24.8. The molecule has 0 radical (unpaired) electrons. The SMILES string of the molecule is CCCCCOc1cccc(C2C(C(=O)c3cc4cccc(OC)c4o3)=C(O)C(=O)N2c2nnc(SCc3ccccc3)s2)c1. The number of Topliss-reactive ketones (excluding diaryl/α,β-unsaturated/α-hetero) is 1. The quantitative estimate of drug-likeness (QED) is 0.0592. The Labute approximate surface area is 268 Å². The van der Waals surface area contributed by atoms with E-state index in [2.05, 4.69) is 17.1 Å².